The van der Waals surface area contributed by atoms with Gasteiger partial charge in [-0.3, -0.25) is 0 Å². The number of alkyl halides is 3. The molecule has 0 amide bonds. The van der Waals surface area contributed by atoms with Gasteiger partial charge in [0.2, 0.25) is 5.82 Å². The molecule has 0 aliphatic rings. The van der Waals surface area contributed by atoms with E-state index in [4.69, 9.17) is 0 Å². The molecular weight excluding hydrogens is 289 g/mol. The fourth-order valence-electron chi connectivity index (χ4n) is 1.54. The standard InChI is InChI=1S/C12H13F3N4S/c1-7-8(2)20-10(18-7)4-6-16-9-3-5-17-11(19-9)12(13,14)15/h3,5H,4,6H2,1-2H3,(H,16,17,19). The number of hydrogen-bond acceptors (Lipinski definition) is 5. The highest BCUT2D eigenvalue weighted by Gasteiger charge is 2.34. The Bertz CT molecular complexity index is 575. The lowest BCUT2D eigenvalue weighted by Gasteiger charge is -2.07. The van der Waals surface area contributed by atoms with Gasteiger partial charge in [-0.25, -0.2) is 15.0 Å². The third-order valence-electron chi connectivity index (χ3n) is 2.63. The Morgan fingerprint density at radius 3 is 2.60 bits per heavy atom. The second-order valence-corrected chi connectivity index (χ2v) is 5.48. The largest absolute Gasteiger partial charge is 0.451 e. The fourth-order valence-corrected chi connectivity index (χ4v) is 2.47. The zero-order valence-electron chi connectivity index (χ0n) is 11.0. The van der Waals surface area contributed by atoms with E-state index in [1.807, 2.05) is 13.8 Å². The molecule has 1 N–H and O–H groups in total. The zero-order valence-corrected chi connectivity index (χ0v) is 11.8. The summed E-state index contributed by atoms with van der Waals surface area (Å²) in [4.78, 5) is 12.2. The Balaban J connectivity index is 1.94. The summed E-state index contributed by atoms with van der Waals surface area (Å²) >= 11 is 1.59. The molecule has 20 heavy (non-hydrogen) atoms. The minimum absolute atomic E-state index is 0.164. The quantitative estimate of drug-likeness (QED) is 0.942. The highest BCUT2D eigenvalue weighted by molar-refractivity contribution is 7.11. The number of hydrogen-bond donors (Lipinski definition) is 1. The predicted molar refractivity (Wildman–Crippen MR) is 70.8 cm³/mol. The summed E-state index contributed by atoms with van der Waals surface area (Å²) in [6, 6.07) is 1.41. The average Bonchev–Trinajstić information content (AvgIpc) is 2.68. The van der Waals surface area contributed by atoms with E-state index in [1.165, 1.54) is 6.07 Å². The van der Waals surface area contributed by atoms with Crippen molar-refractivity contribution in [3.63, 3.8) is 0 Å². The Morgan fingerprint density at radius 1 is 1.25 bits per heavy atom. The highest BCUT2D eigenvalue weighted by atomic mass is 32.1. The molecule has 0 bridgehead atoms. The van der Waals surface area contributed by atoms with E-state index in [9.17, 15) is 13.2 Å². The highest BCUT2D eigenvalue weighted by Crippen LogP contribution is 2.26. The maximum absolute atomic E-state index is 12.4. The second-order valence-electron chi connectivity index (χ2n) is 4.19. The van der Waals surface area contributed by atoms with E-state index < -0.39 is 12.0 Å². The lowest BCUT2D eigenvalue weighted by Crippen LogP contribution is -2.13. The molecule has 2 heterocycles. The molecule has 2 aromatic rings. The summed E-state index contributed by atoms with van der Waals surface area (Å²) < 4.78 is 37.3. The Kier molecular flexibility index (Phi) is 4.22. The van der Waals surface area contributed by atoms with Gasteiger partial charge < -0.3 is 5.32 Å². The number of aromatic nitrogens is 3. The Morgan fingerprint density at radius 2 is 2.00 bits per heavy atom. The fraction of sp³-hybridized carbons (Fsp3) is 0.417. The lowest BCUT2D eigenvalue weighted by molar-refractivity contribution is -0.144. The van der Waals surface area contributed by atoms with Crippen LogP contribution in [0, 0.1) is 13.8 Å². The van der Waals surface area contributed by atoms with Gasteiger partial charge in [-0.2, -0.15) is 13.2 Å². The maximum Gasteiger partial charge on any atom is 0.451 e. The Hall–Kier alpha value is -1.70. The molecule has 8 heteroatoms. The molecule has 108 valence electrons. The number of rotatable bonds is 4. The maximum atomic E-state index is 12.4. The van der Waals surface area contributed by atoms with Crippen LogP contribution >= 0.6 is 11.3 Å². The summed E-state index contributed by atoms with van der Waals surface area (Å²) in [6.07, 6.45) is -2.79. The van der Waals surface area contributed by atoms with Gasteiger partial charge in [-0.1, -0.05) is 0 Å². The normalized spacial score (nSPS) is 11.7. The van der Waals surface area contributed by atoms with Crippen LogP contribution in [-0.4, -0.2) is 21.5 Å². The van der Waals surface area contributed by atoms with Crippen LogP contribution in [0.1, 0.15) is 21.4 Å². The van der Waals surface area contributed by atoms with Gasteiger partial charge in [0.25, 0.3) is 0 Å². The van der Waals surface area contributed by atoms with Crippen LogP contribution in [0.25, 0.3) is 0 Å². The molecule has 2 rings (SSSR count). The van der Waals surface area contributed by atoms with E-state index in [-0.39, 0.29) is 5.82 Å². The summed E-state index contributed by atoms with van der Waals surface area (Å²) in [5.41, 5.74) is 0.992. The third-order valence-corrected chi connectivity index (χ3v) is 3.76. The van der Waals surface area contributed by atoms with Gasteiger partial charge >= 0.3 is 6.18 Å². The van der Waals surface area contributed by atoms with Crippen LogP contribution in [0.4, 0.5) is 19.0 Å². The molecule has 2 aromatic heterocycles. The van der Waals surface area contributed by atoms with E-state index in [0.29, 0.717) is 13.0 Å². The van der Waals surface area contributed by atoms with Gasteiger partial charge in [-0.05, 0) is 19.9 Å². The molecule has 4 nitrogen and oxygen atoms in total. The number of anilines is 1. The topological polar surface area (TPSA) is 50.7 Å². The predicted octanol–water partition coefficient (Wildman–Crippen LogP) is 3.22. The molecule has 0 saturated heterocycles. The number of nitrogens with one attached hydrogen (secondary N) is 1. The van der Waals surface area contributed by atoms with Crippen molar-refractivity contribution in [2.75, 3.05) is 11.9 Å². The molecule has 0 saturated carbocycles. The van der Waals surface area contributed by atoms with Crippen molar-refractivity contribution in [3.8, 4) is 0 Å². The molecule has 0 aliphatic heterocycles. The average molecular weight is 302 g/mol. The first-order valence-corrected chi connectivity index (χ1v) is 6.75. The molecule has 0 unspecified atom stereocenters. The van der Waals surface area contributed by atoms with Crippen LogP contribution in [0.2, 0.25) is 0 Å². The first-order chi connectivity index (χ1) is 9.36. The van der Waals surface area contributed by atoms with Crippen molar-refractivity contribution in [2.24, 2.45) is 0 Å². The smallest absolute Gasteiger partial charge is 0.370 e. The second kappa shape index (κ2) is 5.74. The van der Waals surface area contributed by atoms with Gasteiger partial charge in [0.05, 0.1) is 10.7 Å². The molecule has 0 atom stereocenters. The van der Waals surface area contributed by atoms with Gasteiger partial charge in [0.15, 0.2) is 0 Å². The first-order valence-electron chi connectivity index (χ1n) is 5.93. The number of nitrogens with zero attached hydrogens (tertiary/aromatic N) is 3. The molecule has 0 radical (unpaired) electrons. The molecule has 0 spiro atoms. The van der Waals surface area contributed by atoms with E-state index >= 15 is 0 Å². The SMILES string of the molecule is Cc1nc(CCNc2ccnc(C(F)(F)F)n2)sc1C. The number of thiazole rings is 1. The van der Waals surface area contributed by atoms with Gasteiger partial charge in [0, 0.05) is 24.0 Å². The Labute approximate surface area is 118 Å². The summed E-state index contributed by atoms with van der Waals surface area (Å²) in [5, 5.41) is 3.81. The van der Waals surface area contributed by atoms with Crippen molar-refractivity contribution in [1.82, 2.24) is 15.0 Å². The van der Waals surface area contributed by atoms with Crippen molar-refractivity contribution in [2.45, 2.75) is 26.4 Å². The van der Waals surface area contributed by atoms with Crippen LogP contribution in [0.15, 0.2) is 12.3 Å². The minimum atomic E-state index is -4.53. The van der Waals surface area contributed by atoms with Crippen molar-refractivity contribution < 1.29 is 13.2 Å². The van der Waals surface area contributed by atoms with E-state index in [1.54, 1.807) is 11.3 Å². The third kappa shape index (κ3) is 3.66. The van der Waals surface area contributed by atoms with Crippen LogP contribution in [0.5, 0.6) is 0 Å². The monoisotopic (exact) mass is 302 g/mol. The minimum Gasteiger partial charge on any atom is -0.370 e. The van der Waals surface area contributed by atoms with Crippen molar-refractivity contribution >= 4 is 17.2 Å². The van der Waals surface area contributed by atoms with Crippen LogP contribution in [-0.2, 0) is 12.6 Å². The first kappa shape index (κ1) is 14.7. The molecular formula is C12H13F3N4S. The van der Waals surface area contributed by atoms with Crippen molar-refractivity contribution in [3.05, 3.63) is 33.7 Å². The summed E-state index contributed by atoms with van der Waals surface area (Å²) in [6.45, 7) is 4.40. The molecule has 0 aliphatic carbocycles. The number of halogens is 3. The van der Waals surface area contributed by atoms with Gasteiger partial charge in [-0.15, -0.1) is 11.3 Å². The molecule has 0 fully saturated rings. The number of aryl methyl sites for hydroxylation is 2. The summed E-state index contributed by atoms with van der Waals surface area (Å²) in [5.74, 6) is -0.972. The van der Waals surface area contributed by atoms with Crippen LogP contribution < -0.4 is 5.32 Å². The van der Waals surface area contributed by atoms with E-state index in [2.05, 4.69) is 20.3 Å². The van der Waals surface area contributed by atoms with Crippen molar-refractivity contribution in [1.29, 1.82) is 0 Å². The lowest BCUT2D eigenvalue weighted by atomic mass is 10.4. The summed E-state index contributed by atoms with van der Waals surface area (Å²) in [7, 11) is 0. The van der Waals surface area contributed by atoms with Crippen LogP contribution in [0.3, 0.4) is 0 Å². The molecule has 0 aromatic carbocycles. The van der Waals surface area contributed by atoms with Gasteiger partial charge in [0.1, 0.15) is 5.82 Å². The van der Waals surface area contributed by atoms with E-state index in [0.717, 1.165) is 21.8 Å². The zero-order chi connectivity index (χ0) is 14.8.